The molecule has 1 rings (SSSR count). The van der Waals surface area contributed by atoms with Gasteiger partial charge in [0.15, 0.2) is 5.78 Å². The topological polar surface area (TPSA) is 86.2 Å². The summed E-state index contributed by atoms with van der Waals surface area (Å²) in [5.41, 5.74) is 0.846. The number of hydrogen-bond acceptors (Lipinski definition) is 4. The minimum absolute atomic E-state index is 0.212. The fraction of sp³-hybridized carbons (Fsp3) is 0.500. The molecule has 1 aromatic rings. The Balaban J connectivity index is 2.31. The third-order valence-corrected chi connectivity index (χ3v) is 1.74. The first kappa shape index (κ1) is 9.88. The minimum atomic E-state index is -1.25. The molecular formula is C8H12N2O3. The van der Waals surface area contributed by atoms with E-state index in [0.29, 0.717) is 6.42 Å². The van der Waals surface area contributed by atoms with Crippen LogP contribution >= 0.6 is 0 Å². The number of H-pyrrole nitrogens is 1. The van der Waals surface area contributed by atoms with Gasteiger partial charge in [0.05, 0.1) is 12.9 Å². The average Bonchev–Trinajstić information content (AvgIpc) is 2.65. The number of Topliss-reactive ketones (excluding diaryl/α,β-unsaturated/α-hetero) is 1. The van der Waals surface area contributed by atoms with Crippen LogP contribution in [0.5, 0.6) is 0 Å². The maximum Gasteiger partial charge on any atom is 0.164 e. The molecule has 1 unspecified atom stereocenters. The Morgan fingerprint density at radius 3 is 3.00 bits per heavy atom. The fourth-order valence-electron chi connectivity index (χ4n) is 0.948. The monoisotopic (exact) mass is 184 g/mol. The lowest BCUT2D eigenvalue weighted by molar-refractivity contribution is -0.128. The van der Waals surface area contributed by atoms with Gasteiger partial charge < -0.3 is 15.2 Å². The molecule has 0 aromatic carbocycles. The number of aliphatic hydroxyl groups excluding tert-OH is 2. The summed E-state index contributed by atoms with van der Waals surface area (Å²) in [6, 6.07) is 0. The number of carbonyl (C=O) groups is 1. The first-order chi connectivity index (χ1) is 6.24. The highest BCUT2D eigenvalue weighted by Gasteiger charge is 2.13. The minimum Gasteiger partial charge on any atom is -0.393 e. The van der Waals surface area contributed by atoms with Crippen LogP contribution in [0.3, 0.4) is 0 Å². The summed E-state index contributed by atoms with van der Waals surface area (Å²) in [5, 5.41) is 17.4. The van der Waals surface area contributed by atoms with Gasteiger partial charge in [-0.1, -0.05) is 0 Å². The van der Waals surface area contributed by atoms with Crippen molar-refractivity contribution in [3.05, 3.63) is 18.2 Å². The average molecular weight is 184 g/mol. The van der Waals surface area contributed by atoms with E-state index in [1.807, 2.05) is 0 Å². The molecule has 0 bridgehead atoms. The number of nitrogens with zero attached hydrogens (tertiary/aromatic N) is 1. The number of rotatable bonds is 5. The van der Waals surface area contributed by atoms with Crippen LogP contribution in [0.2, 0.25) is 0 Å². The summed E-state index contributed by atoms with van der Waals surface area (Å²) in [5.74, 6) is -0.350. The Morgan fingerprint density at radius 1 is 1.69 bits per heavy atom. The second kappa shape index (κ2) is 4.74. The number of nitrogens with one attached hydrogen (secondary N) is 1. The van der Waals surface area contributed by atoms with E-state index in [1.54, 1.807) is 6.20 Å². The Bertz CT molecular complexity index is 258. The van der Waals surface area contributed by atoms with E-state index in [-0.39, 0.29) is 12.2 Å². The zero-order valence-corrected chi connectivity index (χ0v) is 7.10. The molecule has 72 valence electrons. The predicted octanol–water partition coefficient (Wildman–Crippen LogP) is -0.735. The summed E-state index contributed by atoms with van der Waals surface area (Å²) in [7, 11) is 0. The molecule has 0 aliphatic heterocycles. The van der Waals surface area contributed by atoms with Crippen LogP contribution in [0.1, 0.15) is 12.1 Å². The van der Waals surface area contributed by atoms with Crippen LogP contribution < -0.4 is 0 Å². The molecule has 0 aliphatic rings. The molecule has 5 heteroatoms. The highest BCUT2D eigenvalue weighted by atomic mass is 16.3. The van der Waals surface area contributed by atoms with Crippen molar-refractivity contribution in [2.45, 2.75) is 18.9 Å². The van der Waals surface area contributed by atoms with Crippen LogP contribution in [0.4, 0.5) is 0 Å². The second-order valence-corrected chi connectivity index (χ2v) is 2.74. The maximum atomic E-state index is 11.0. The van der Waals surface area contributed by atoms with Gasteiger partial charge in [0, 0.05) is 18.3 Å². The van der Waals surface area contributed by atoms with E-state index in [0.717, 1.165) is 5.69 Å². The number of hydrogen-bond donors (Lipinski definition) is 3. The van der Waals surface area contributed by atoms with Crippen LogP contribution in [0.25, 0.3) is 0 Å². The van der Waals surface area contributed by atoms with Crippen LogP contribution in [0.15, 0.2) is 12.5 Å². The van der Waals surface area contributed by atoms with Gasteiger partial charge in [0.2, 0.25) is 0 Å². The van der Waals surface area contributed by atoms with E-state index in [9.17, 15) is 4.79 Å². The van der Waals surface area contributed by atoms with Crippen LogP contribution in [-0.2, 0) is 11.2 Å². The Morgan fingerprint density at radius 2 is 2.46 bits per heavy atom. The number of carbonyl (C=O) groups excluding carboxylic acids is 1. The molecule has 0 saturated carbocycles. The second-order valence-electron chi connectivity index (χ2n) is 2.74. The number of aliphatic hydroxyl groups is 2. The molecule has 0 spiro atoms. The van der Waals surface area contributed by atoms with Crippen molar-refractivity contribution in [2.75, 3.05) is 6.61 Å². The fourth-order valence-corrected chi connectivity index (χ4v) is 0.948. The van der Waals surface area contributed by atoms with Crippen molar-refractivity contribution >= 4 is 5.78 Å². The molecule has 0 fully saturated rings. The van der Waals surface area contributed by atoms with Crippen molar-refractivity contribution in [1.29, 1.82) is 0 Å². The molecule has 3 N–H and O–H groups in total. The summed E-state index contributed by atoms with van der Waals surface area (Å²) < 4.78 is 0. The van der Waals surface area contributed by atoms with Gasteiger partial charge in [-0.2, -0.15) is 0 Å². The standard InChI is InChI=1S/C8H12N2O3/c11-4-8(13)7(12)2-1-6-3-9-5-10-6/h3,5,8,11,13H,1-2,4H2,(H,9,10). The zero-order valence-electron chi connectivity index (χ0n) is 7.10. The third-order valence-electron chi connectivity index (χ3n) is 1.74. The van der Waals surface area contributed by atoms with Crippen molar-refractivity contribution in [1.82, 2.24) is 9.97 Å². The summed E-state index contributed by atoms with van der Waals surface area (Å²) in [6.45, 7) is -0.512. The van der Waals surface area contributed by atoms with Crippen molar-refractivity contribution in [3.63, 3.8) is 0 Å². The quantitative estimate of drug-likeness (QED) is 0.562. The van der Waals surface area contributed by atoms with E-state index >= 15 is 0 Å². The molecule has 5 nitrogen and oxygen atoms in total. The van der Waals surface area contributed by atoms with Gasteiger partial charge in [-0.25, -0.2) is 4.98 Å². The number of imidazole rings is 1. The largest absolute Gasteiger partial charge is 0.393 e. The van der Waals surface area contributed by atoms with Gasteiger partial charge in [-0.3, -0.25) is 4.79 Å². The normalized spacial score (nSPS) is 12.8. The zero-order chi connectivity index (χ0) is 9.68. The molecule has 0 radical (unpaired) electrons. The van der Waals surface area contributed by atoms with E-state index in [4.69, 9.17) is 10.2 Å². The summed E-state index contributed by atoms with van der Waals surface area (Å²) in [6.07, 6.45) is 2.63. The van der Waals surface area contributed by atoms with Gasteiger partial charge in [0.25, 0.3) is 0 Å². The van der Waals surface area contributed by atoms with E-state index in [2.05, 4.69) is 9.97 Å². The number of aromatic amines is 1. The Labute approximate surface area is 75.4 Å². The lowest BCUT2D eigenvalue weighted by Gasteiger charge is -2.04. The van der Waals surface area contributed by atoms with E-state index in [1.165, 1.54) is 6.33 Å². The highest BCUT2D eigenvalue weighted by Crippen LogP contribution is 1.99. The van der Waals surface area contributed by atoms with Crippen molar-refractivity contribution in [2.24, 2.45) is 0 Å². The Hall–Kier alpha value is -1.20. The smallest absolute Gasteiger partial charge is 0.164 e. The molecular weight excluding hydrogens is 172 g/mol. The van der Waals surface area contributed by atoms with Crippen LogP contribution in [0, 0.1) is 0 Å². The van der Waals surface area contributed by atoms with Crippen LogP contribution in [-0.4, -0.2) is 38.7 Å². The molecule has 13 heavy (non-hydrogen) atoms. The molecule has 1 heterocycles. The van der Waals surface area contributed by atoms with Gasteiger partial charge in [0.1, 0.15) is 6.10 Å². The lowest BCUT2D eigenvalue weighted by atomic mass is 10.1. The molecule has 0 saturated heterocycles. The molecule has 1 atom stereocenters. The molecule has 0 aliphatic carbocycles. The lowest BCUT2D eigenvalue weighted by Crippen LogP contribution is -2.24. The van der Waals surface area contributed by atoms with Gasteiger partial charge >= 0.3 is 0 Å². The number of ketones is 1. The van der Waals surface area contributed by atoms with E-state index < -0.39 is 12.7 Å². The SMILES string of the molecule is O=C(CCc1cnc[nH]1)C(O)CO. The Kier molecular flexibility index (Phi) is 3.60. The first-order valence-corrected chi connectivity index (χ1v) is 4.03. The summed E-state index contributed by atoms with van der Waals surface area (Å²) >= 11 is 0. The third kappa shape index (κ3) is 2.96. The van der Waals surface area contributed by atoms with Crippen molar-refractivity contribution < 1.29 is 15.0 Å². The highest BCUT2D eigenvalue weighted by molar-refractivity contribution is 5.83. The number of aryl methyl sites for hydroxylation is 1. The van der Waals surface area contributed by atoms with Gasteiger partial charge in [-0.15, -0.1) is 0 Å². The summed E-state index contributed by atoms with van der Waals surface area (Å²) in [4.78, 5) is 17.7. The first-order valence-electron chi connectivity index (χ1n) is 4.03. The molecule has 0 amide bonds. The predicted molar refractivity (Wildman–Crippen MR) is 45.0 cm³/mol. The maximum absolute atomic E-state index is 11.0. The van der Waals surface area contributed by atoms with Crippen molar-refractivity contribution in [3.8, 4) is 0 Å². The number of aromatic nitrogens is 2. The molecule has 1 aromatic heterocycles. The van der Waals surface area contributed by atoms with Gasteiger partial charge in [-0.05, 0) is 6.42 Å².